The molecule has 0 aliphatic heterocycles. The molecule has 0 fully saturated rings. The normalized spacial score (nSPS) is 10.1. The summed E-state index contributed by atoms with van der Waals surface area (Å²) < 4.78 is 7.19. The molecule has 2 aromatic rings. The van der Waals surface area contributed by atoms with Crippen LogP contribution in [0.15, 0.2) is 22.0 Å². The molecule has 0 aliphatic rings. The lowest BCUT2D eigenvalue weighted by Gasteiger charge is -2.01. The van der Waals surface area contributed by atoms with E-state index in [0.29, 0.717) is 5.56 Å². The molecular weight excluding hydrogens is 262 g/mol. The number of hydrogen-bond donors (Lipinski definition) is 0. The molecule has 0 amide bonds. The summed E-state index contributed by atoms with van der Waals surface area (Å²) in [5, 5.41) is 11.7. The minimum atomic E-state index is 0.699. The van der Waals surface area contributed by atoms with Crippen molar-refractivity contribution >= 4 is 37.4 Å². The molecule has 0 N–H and O–H groups in total. The number of methoxy groups -OCH3 is 1. The van der Waals surface area contributed by atoms with Crippen molar-refractivity contribution in [3.63, 3.8) is 0 Å². The van der Waals surface area contributed by atoms with Crippen molar-refractivity contribution in [2.24, 2.45) is 0 Å². The molecule has 0 atom stereocenters. The van der Waals surface area contributed by atoms with Crippen LogP contribution in [0.25, 0.3) is 10.1 Å². The Bertz CT molecular complexity index is 527. The topological polar surface area (TPSA) is 33.0 Å². The van der Waals surface area contributed by atoms with Gasteiger partial charge in [0.15, 0.2) is 0 Å². The Morgan fingerprint density at radius 3 is 2.93 bits per heavy atom. The Morgan fingerprint density at radius 2 is 2.29 bits per heavy atom. The summed E-state index contributed by atoms with van der Waals surface area (Å²) in [5.74, 6) is 0.806. The van der Waals surface area contributed by atoms with Crippen LogP contribution in [0.5, 0.6) is 5.75 Å². The van der Waals surface area contributed by atoms with Gasteiger partial charge in [-0.25, -0.2) is 0 Å². The first-order chi connectivity index (χ1) is 6.76. The van der Waals surface area contributed by atoms with Gasteiger partial charge in [0.1, 0.15) is 11.8 Å². The van der Waals surface area contributed by atoms with E-state index in [1.807, 2.05) is 17.5 Å². The Kier molecular flexibility index (Phi) is 2.44. The quantitative estimate of drug-likeness (QED) is 0.792. The number of benzene rings is 1. The van der Waals surface area contributed by atoms with Crippen LogP contribution >= 0.6 is 27.3 Å². The zero-order chi connectivity index (χ0) is 10.1. The summed E-state index contributed by atoms with van der Waals surface area (Å²) in [6.07, 6.45) is 0. The van der Waals surface area contributed by atoms with Crippen LogP contribution in [-0.2, 0) is 0 Å². The van der Waals surface area contributed by atoms with Crippen molar-refractivity contribution < 1.29 is 4.74 Å². The molecule has 0 radical (unpaired) electrons. The highest BCUT2D eigenvalue weighted by Gasteiger charge is 2.09. The Labute approximate surface area is 93.9 Å². The Balaban J connectivity index is 2.85. The van der Waals surface area contributed by atoms with Crippen LogP contribution in [0.3, 0.4) is 0 Å². The fourth-order valence-electron chi connectivity index (χ4n) is 1.31. The van der Waals surface area contributed by atoms with E-state index in [2.05, 4.69) is 22.0 Å². The van der Waals surface area contributed by atoms with Crippen LogP contribution in [0, 0.1) is 11.3 Å². The van der Waals surface area contributed by atoms with Gasteiger partial charge >= 0.3 is 0 Å². The Morgan fingerprint density at radius 1 is 1.50 bits per heavy atom. The highest BCUT2D eigenvalue weighted by molar-refractivity contribution is 9.10. The monoisotopic (exact) mass is 267 g/mol. The molecule has 0 spiro atoms. The third-order valence-electron chi connectivity index (χ3n) is 1.94. The van der Waals surface area contributed by atoms with E-state index < -0.39 is 0 Å². The average Bonchev–Trinajstić information content (AvgIpc) is 2.59. The molecule has 0 aliphatic carbocycles. The van der Waals surface area contributed by atoms with E-state index in [9.17, 15) is 0 Å². The molecule has 2 nitrogen and oxygen atoms in total. The van der Waals surface area contributed by atoms with Gasteiger partial charge in [0.25, 0.3) is 0 Å². The number of ether oxygens (including phenoxy) is 1. The molecule has 0 saturated heterocycles. The van der Waals surface area contributed by atoms with Crippen LogP contribution in [0.2, 0.25) is 0 Å². The number of thiophene rings is 1. The van der Waals surface area contributed by atoms with E-state index in [1.54, 1.807) is 7.11 Å². The van der Waals surface area contributed by atoms with Gasteiger partial charge in [-0.2, -0.15) is 5.26 Å². The first-order valence-electron chi connectivity index (χ1n) is 3.91. The van der Waals surface area contributed by atoms with Crippen LogP contribution in [0.4, 0.5) is 0 Å². The third-order valence-corrected chi connectivity index (χ3v) is 3.41. The second kappa shape index (κ2) is 3.60. The van der Waals surface area contributed by atoms with Gasteiger partial charge in [0.2, 0.25) is 0 Å². The molecule has 1 aromatic carbocycles. The number of fused-ring (bicyclic) bond motifs is 1. The SMILES string of the molecule is COc1cc(Br)cc2c(C#N)csc12. The number of rotatable bonds is 1. The zero-order valence-corrected chi connectivity index (χ0v) is 9.78. The lowest BCUT2D eigenvalue weighted by atomic mass is 10.2. The molecule has 1 heterocycles. The van der Waals surface area contributed by atoms with Gasteiger partial charge in [0, 0.05) is 15.2 Å². The van der Waals surface area contributed by atoms with Gasteiger partial charge in [-0.3, -0.25) is 0 Å². The lowest BCUT2D eigenvalue weighted by Crippen LogP contribution is -1.82. The maximum Gasteiger partial charge on any atom is 0.137 e. The molecular formula is C10H6BrNOS. The lowest BCUT2D eigenvalue weighted by molar-refractivity contribution is 0.420. The molecule has 2 rings (SSSR count). The number of nitriles is 1. The summed E-state index contributed by atoms with van der Waals surface area (Å²) in [7, 11) is 1.63. The maximum absolute atomic E-state index is 8.88. The van der Waals surface area contributed by atoms with Gasteiger partial charge in [-0.15, -0.1) is 11.3 Å². The highest BCUT2D eigenvalue weighted by Crippen LogP contribution is 2.36. The smallest absolute Gasteiger partial charge is 0.137 e. The number of nitrogens with zero attached hydrogens (tertiary/aromatic N) is 1. The van der Waals surface area contributed by atoms with Crippen molar-refractivity contribution in [2.75, 3.05) is 7.11 Å². The summed E-state index contributed by atoms with van der Waals surface area (Å²) in [5.41, 5.74) is 0.699. The van der Waals surface area contributed by atoms with E-state index in [1.165, 1.54) is 11.3 Å². The van der Waals surface area contributed by atoms with Crippen LogP contribution in [-0.4, -0.2) is 7.11 Å². The van der Waals surface area contributed by atoms with Crippen molar-refractivity contribution in [1.82, 2.24) is 0 Å². The van der Waals surface area contributed by atoms with Crippen molar-refractivity contribution in [2.45, 2.75) is 0 Å². The largest absolute Gasteiger partial charge is 0.495 e. The summed E-state index contributed by atoms with van der Waals surface area (Å²) in [6.45, 7) is 0. The van der Waals surface area contributed by atoms with E-state index in [-0.39, 0.29) is 0 Å². The predicted octanol–water partition coefficient (Wildman–Crippen LogP) is 3.54. The van der Waals surface area contributed by atoms with Crippen LogP contribution in [0.1, 0.15) is 5.56 Å². The van der Waals surface area contributed by atoms with E-state index in [4.69, 9.17) is 10.00 Å². The second-order valence-corrected chi connectivity index (χ2v) is 4.54. The molecule has 0 bridgehead atoms. The molecule has 4 heteroatoms. The summed E-state index contributed by atoms with van der Waals surface area (Å²) >= 11 is 4.92. The minimum absolute atomic E-state index is 0.699. The number of hydrogen-bond acceptors (Lipinski definition) is 3. The molecule has 14 heavy (non-hydrogen) atoms. The maximum atomic E-state index is 8.88. The van der Waals surface area contributed by atoms with Crippen LogP contribution < -0.4 is 4.74 Å². The summed E-state index contributed by atoms with van der Waals surface area (Å²) in [4.78, 5) is 0. The van der Waals surface area contributed by atoms with Gasteiger partial charge in [0.05, 0.1) is 17.4 Å². The molecule has 0 saturated carbocycles. The fourth-order valence-corrected chi connectivity index (χ4v) is 2.72. The fraction of sp³-hybridized carbons (Fsp3) is 0.100. The molecule has 70 valence electrons. The first kappa shape index (κ1) is 9.50. The predicted molar refractivity (Wildman–Crippen MR) is 60.8 cm³/mol. The Hall–Kier alpha value is -1.05. The van der Waals surface area contributed by atoms with Crippen molar-refractivity contribution in [3.05, 3.63) is 27.5 Å². The average molecular weight is 268 g/mol. The zero-order valence-electron chi connectivity index (χ0n) is 7.37. The standard InChI is InChI=1S/C10H6BrNOS/c1-13-9-3-7(11)2-8-6(4-12)5-14-10(8)9/h2-3,5H,1H3. The second-order valence-electron chi connectivity index (χ2n) is 2.75. The first-order valence-corrected chi connectivity index (χ1v) is 5.58. The molecule has 0 unspecified atom stereocenters. The van der Waals surface area contributed by atoms with Gasteiger partial charge in [-0.1, -0.05) is 15.9 Å². The highest BCUT2D eigenvalue weighted by atomic mass is 79.9. The van der Waals surface area contributed by atoms with Gasteiger partial charge < -0.3 is 4.74 Å². The third kappa shape index (κ3) is 1.39. The number of halogens is 1. The molecule has 1 aromatic heterocycles. The van der Waals surface area contributed by atoms with Gasteiger partial charge in [-0.05, 0) is 12.1 Å². The van der Waals surface area contributed by atoms with Crippen molar-refractivity contribution in [3.8, 4) is 11.8 Å². The van der Waals surface area contributed by atoms with Crippen molar-refractivity contribution in [1.29, 1.82) is 5.26 Å². The van der Waals surface area contributed by atoms with E-state index >= 15 is 0 Å². The summed E-state index contributed by atoms with van der Waals surface area (Å²) in [6, 6.07) is 6.00. The van der Waals surface area contributed by atoms with E-state index in [0.717, 1.165) is 20.3 Å². The minimum Gasteiger partial charge on any atom is -0.495 e.